The Morgan fingerprint density at radius 3 is 2.89 bits per heavy atom. The van der Waals surface area contributed by atoms with Crippen molar-refractivity contribution in [3.05, 3.63) is 24.3 Å². The summed E-state index contributed by atoms with van der Waals surface area (Å²) in [5.41, 5.74) is 0.669. The average Bonchev–Trinajstić information content (AvgIpc) is 2.81. The van der Waals surface area contributed by atoms with Crippen LogP contribution in [-0.2, 0) is 10.0 Å². The highest BCUT2D eigenvalue weighted by molar-refractivity contribution is 7.99. The van der Waals surface area contributed by atoms with Crippen LogP contribution >= 0.6 is 11.8 Å². The summed E-state index contributed by atoms with van der Waals surface area (Å²) in [7, 11) is -3.28. The molecule has 2 rings (SSSR count). The Bertz CT molecular complexity index is 497. The Labute approximate surface area is 113 Å². The maximum atomic E-state index is 12.1. The first kappa shape index (κ1) is 13.7. The minimum Gasteiger partial charge on any atom is -0.313 e. The number of hydrogen-bond acceptors (Lipinski definition) is 4. The van der Waals surface area contributed by atoms with Crippen LogP contribution in [0.15, 0.2) is 29.2 Å². The van der Waals surface area contributed by atoms with E-state index >= 15 is 0 Å². The summed E-state index contributed by atoms with van der Waals surface area (Å²) < 4.78 is 26.8. The van der Waals surface area contributed by atoms with Crippen molar-refractivity contribution in [1.29, 1.82) is 0 Å². The summed E-state index contributed by atoms with van der Waals surface area (Å²) in [6.07, 6.45) is 3.93. The Balaban J connectivity index is 2.06. The lowest BCUT2D eigenvalue weighted by Gasteiger charge is -2.14. The summed E-state index contributed by atoms with van der Waals surface area (Å²) in [5.74, 6) is 0.149. The van der Waals surface area contributed by atoms with E-state index in [4.69, 9.17) is 0 Å². The zero-order valence-corrected chi connectivity index (χ0v) is 12.0. The molecule has 0 amide bonds. The SMILES string of the molecule is CSc1ccccc1NS(=O)(=O)CC1CCCN1. The van der Waals surface area contributed by atoms with Crippen LogP contribution in [0.5, 0.6) is 0 Å². The monoisotopic (exact) mass is 286 g/mol. The number of sulfonamides is 1. The number of hydrogen-bond donors (Lipinski definition) is 2. The maximum absolute atomic E-state index is 12.1. The Morgan fingerprint density at radius 1 is 1.44 bits per heavy atom. The molecule has 1 aliphatic heterocycles. The zero-order valence-electron chi connectivity index (χ0n) is 10.3. The van der Waals surface area contributed by atoms with E-state index in [9.17, 15) is 8.42 Å². The van der Waals surface area contributed by atoms with Crippen LogP contribution in [0.3, 0.4) is 0 Å². The topological polar surface area (TPSA) is 58.2 Å². The highest BCUT2D eigenvalue weighted by Gasteiger charge is 2.22. The molecule has 0 bridgehead atoms. The number of benzene rings is 1. The summed E-state index contributed by atoms with van der Waals surface area (Å²) >= 11 is 1.54. The molecule has 1 aliphatic rings. The van der Waals surface area contributed by atoms with Crippen LogP contribution in [0.1, 0.15) is 12.8 Å². The second-order valence-corrected chi connectivity index (χ2v) is 6.99. The molecule has 4 nitrogen and oxygen atoms in total. The number of thioether (sulfide) groups is 1. The van der Waals surface area contributed by atoms with Crippen molar-refractivity contribution < 1.29 is 8.42 Å². The average molecular weight is 286 g/mol. The van der Waals surface area contributed by atoms with Crippen LogP contribution in [0.25, 0.3) is 0 Å². The third-order valence-corrected chi connectivity index (χ3v) is 5.12. The molecule has 0 spiro atoms. The van der Waals surface area contributed by atoms with E-state index in [2.05, 4.69) is 10.0 Å². The van der Waals surface area contributed by atoms with E-state index in [1.807, 2.05) is 24.5 Å². The largest absolute Gasteiger partial charge is 0.313 e. The number of para-hydroxylation sites is 1. The molecule has 0 saturated carbocycles. The quantitative estimate of drug-likeness (QED) is 0.812. The molecule has 1 unspecified atom stereocenters. The van der Waals surface area contributed by atoms with Crippen LogP contribution in [0.4, 0.5) is 5.69 Å². The molecule has 100 valence electrons. The molecule has 18 heavy (non-hydrogen) atoms. The molecule has 1 saturated heterocycles. The maximum Gasteiger partial charge on any atom is 0.234 e. The molecule has 1 aromatic carbocycles. The van der Waals surface area contributed by atoms with E-state index < -0.39 is 10.0 Å². The Kier molecular flexibility index (Phi) is 4.53. The van der Waals surface area contributed by atoms with Gasteiger partial charge in [0.1, 0.15) is 0 Å². The molecule has 0 aromatic heterocycles. The van der Waals surface area contributed by atoms with E-state index in [-0.39, 0.29) is 11.8 Å². The predicted octanol–water partition coefficient (Wildman–Crippen LogP) is 1.90. The van der Waals surface area contributed by atoms with Gasteiger partial charge < -0.3 is 5.32 Å². The Hall–Kier alpha value is -0.720. The van der Waals surface area contributed by atoms with E-state index in [1.165, 1.54) is 11.8 Å². The lowest BCUT2D eigenvalue weighted by atomic mass is 10.3. The van der Waals surface area contributed by atoms with Gasteiger partial charge in [-0.1, -0.05) is 12.1 Å². The van der Waals surface area contributed by atoms with Gasteiger partial charge in [-0.05, 0) is 37.8 Å². The van der Waals surface area contributed by atoms with Gasteiger partial charge in [0.15, 0.2) is 0 Å². The lowest BCUT2D eigenvalue weighted by molar-refractivity contribution is 0.581. The van der Waals surface area contributed by atoms with Gasteiger partial charge in [-0.15, -0.1) is 11.8 Å². The second kappa shape index (κ2) is 5.95. The predicted molar refractivity (Wildman–Crippen MR) is 76.7 cm³/mol. The minimum absolute atomic E-state index is 0.0870. The highest BCUT2D eigenvalue weighted by atomic mass is 32.2. The molecular weight excluding hydrogens is 268 g/mol. The first-order valence-corrected chi connectivity index (χ1v) is 8.85. The highest BCUT2D eigenvalue weighted by Crippen LogP contribution is 2.25. The van der Waals surface area contributed by atoms with Gasteiger partial charge in [0.2, 0.25) is 10.0 Å². The van der Waals surface area contributed by atoms with Crippen LogP contribution in [0.2, 0.25) is 0 Å². The number of nitrogens with one attached hydrogen (secondary N) is 2. The van der Waals surface area contributed by atoms with Crippen molar-refractivity contribution in [3.8, 4) is 0 Å². The number of anilines is 1. The van der Waals surface area contributed by atoms with Gasteiger partial charge in [0.05, 0.1) is 11.4 Å². The summed E-state index contributed by atoms with van der Waals surface area (Å²) in [6.45, 7) is 0.918. The third-order valence-electron chi connectivity index (χ3n) is 2.96. The minimum atomic E-state index is -3.28. The normalized spacial score (nSPS) is 19.9. The van der Waals surface area contributed by atoms with E-state index in [0.717, 1.165) is 24.3 Å². The standard InChI is InChI=1S/C12H18N2O2S2/c1-17-12-7-3-2-6-11(12)14-18(15,16)9-10-5-4-8-13-10/h2-3,6-7,10,13-14H,4-5,8-9H2,1H3. The smallest absolute Gasteiger partial charge is 0.234 e. The molecular formula is C12H18N2O2S2. The van der Waals surface area contributed by atoms with E-state index in [1.54, 1.807) is 6.07 Å². The van der Waals surface area contributed by atoms with Crippen LogP contribution in [-0.4, -0.2) is 33.0 Å². The molecule has 6 heteroatoms. The molecule has 1 fully saturated rings. The molecule has 0 radical (unpaired) electrons. The van der Waals surface area contributed by atoms with E-state index in [0.29, 0.717) is 5.69 Å². The van der Waals surface area contributed by atoms with Crippen LogP contribution in [0, 0.1) is 0 Å². The van der Waals surface area contributed by atoms with Crippen molar-refractivity contribution in [2.24, 2.45) is 0 Å². The van der Waals surface area contributed by atoms with Gasteiger partial charge in [0.25, 0.3) is 0 Å². The van der Waals surface area contributed by atoms with Gasteiger partial charge in [-0.2, -0.15) is 0 Å². The van der Waals surface area contributed by atoms with Gasteiger partial charge in [0, 0.05) is 10.9 Å². The molecule has 1 atom stereocenters. The third kappa shape index (κ3) is 3.63. The van der Waals surface area contributed by atoms with Crippen molar-refractivity contribution in [2.45, 2.75) is 23.8 Å². The van der Waals surface area contributed by atoms with Crippen molar-refractivity contribution in [1.82, 2.24) is 5.32 Å². The Morgan fingerprint density at radius 2 is 2.22 bits per heavy atom. The molecule has 0 aliphatic carbocycles. The second-order valence-electron chi connectivity index (χ2n) is 4.38. The molecule has 1 aromatic rings. The fourth-order valence-electron chi connectivity index (χ4n) is 2.10. The fraction of sp³-hybridized carbons (Fsp3) is 0.500. The van der Waals surface area contributed by atoms with Crippen molar-refractivity contribution in [2.75, 3.05) is 23.3 Å². The fourth-order valence-corrected chi connectivity index (χ4v) is 4.13. The summed E-state index contributed by atoms with van der Waals surface area (Å²) in [5, 5.41) is 3.20. The molecule has 1 heterocycles. The first-order valence-electron chi connectivity index (χ1n) is 5.97. The van der Waals surface area contributed by atoms with Crippen molar-refractivity contribution >= 4 is 27.5 Å². The lowest BCUT2D eigenvalue weighted by Crippen LogP contribution is -2.32. The van der Waals surface area contributed by atoms with Gasteiger partial charge in [-0.25, -0.2) is 8.42 Å². The first-order chi connectivity index (χ1) is 8.61. The van der Waals surface area contributed by atoms with Crippen LogP contribution < -0.4 is 10.0 Å². The van der Waals surface area contributed by atoms with Gasteiger partial charge >= 0.3 is 0 Å². The zero-order chi connectivity index (χ0) is 13.0. The van der Waals surface area contributed by atoms with Crippen molar-refractivity contribution in [3.63, 3.8) is 0 Å². The molecule has 2 N–H and O–H groups in total. The summed E-state index contributed by atoms with van der Waals surface area (Å²) in [6, 6.07) is 7.54. The number of rotatable bonds is 5. The summed E-state index contributed by atoms with van der Waals surface area (Å²) in [4.78, 5) is 0.945. The van der Waals surface area contributed by atoms with Gasteiger partial charge in [-0.3, -0.25) is 4.72 Å².